The quantitative estimate of drug-likeness (QED) is 0.889. The van der Waals surface area contributed by atoms with Crippen molar-refractivity contribution in [2.75, 3.05) is 0 Å². The van der Waals surface area contributed by atoms with Gasteiger partial charge in [0.05, 0.1) is 11.8 Å². The lowest BCUT2D eigenvalue weighted by atomic mass is 10.0. The second-order valence-corrected chi connectivity index (χ2v) is 5.29. The van der Waals surface area contributed by atoms with E-state index in [1.807, 2.05) is 12.4 Å². The maximum atomic E-state index is 9.83. The summed E-state index contributed by atoms with van der Waals surface area (Å²) >= 11 is 1.62. The van der Waals surface area contributed by atoms with Gasteiger partial charge in [-0.25, -0.2) is 9.67 Å². The van der Waals surface area contributed by atoms with Gasteiger partial charge in [-0.1, -0.05) is 18.3 Å². The fourth-order valence-electron chi connectivity index (χ4n) is 1.31. The van der Waals surface area contributed by atoms with Gasteiger partial charge in [0.2, 0.25) is 5.13 Å². The molecule has 16 heavy (non-hydrogen) atoms. The summed E-state index contributed by atoms with van der Waals surface area (Å²) < 4.78 is 1.71. The molecular weight excluding hydrogens is 222 g/mol. The minimum atomic E-state index is -0.858. The van der Waals surface area contributed by atoms with Crippen molar-refractivity contribution in [1.29, 1.82) is 0 Å². The zero-order chi connectivity index (χ0) is 11.8. The van der Waals surface area contributed by atoms with Gasteiger partial charge in [-0.3, -0.25) is 0 Å². The molecule has 2 heterocycles. The lowest BCUT2D eigenvalue weighted by Crippen LogP contribution is -2.14. The summed E-state index contributed by atoms with van der Waals surface area (Å²) in [6, 6.07) is 0. The Morgan fingerprint density at radius 3 is 2.69 bits per heavy atom. The van der Waals surface area contributed by atoms with Crippen LogP contribution in [0.15, 0.2) is 18.6 Å². The van der Waals surface area contributed by atoms with E-state index in [1.54, 1.807) is 36.1 Å². The average molecular weight is 237 g/mol. The Kier molecular flexibility index (Phi) is 2.82. The molecule has 5 heteroatoms. The molecule has 0 amide bonds. The summed E-state index contributed by atoms with van der Waals surface area (Å²) in [7, 11) is 0. The fourth-order valence-corrected chi connectivity index (χ4v) is 2.09. The van der Waals surface area contributed by atoms with Crippen LogP contribution in [0, 0.1) is 0 Å². The highest BCUT2D eigenvalue weighted by atomic mass is 32.1. The van der Waals surface area contributed by atoms with Crippen molar-refractivity contribution in [2.45, 2.75) is 32.8 Å². The first-order valence-electron chi connectivity index (χ1n) is 5.23. The van der Waals surface area contributed by atoms with E-state index in [1.165, 1.54) is 4.88 Å². The highest BCUT2D eigenvalue weighted by Crippen LogP contribution is 2.22. The molecule has 0 aliphatic rings. The monoisotopic (exact) mass is 237 g/mol. The van der Waals surface area contributed by atoms with E-state index in [0.29, 0.717) is 0 Å². The maximum Gasteiger partial charge on any atom is 0.210 e. The maximum absolute atomic E-state index is 9.83. The van der Waals surface area contributed by atoms with Crippen LogP contribution in [0.25, 0.3) is 5.13 Å². The number of aliphatic hydroxyl groups is 1. The number of nitrogens with zero attached hydrogens (tertiary/aromatic N) is 3. The minimum absolute atomic E-state index is 0.792. The zero-order valence-corrected chi connectivity index (χ0v) is 10.5. The van der Waals surface area contributed by atoms with E-state index in [9.17, 15) is 5.11 Å². The first-order valence-corrected chi connectivity index (χ1v) is 6.05. The predicted octanol–water partition coefficient (Wildman–Crippen LogP) is 2.12. The molecule has 0 radical (unpaired) electrons. The molecule has 0 spiro atoms. The largest absolute Gasteiger partial charge is 0.386 e. The highest BCUT2D eigenvalue weighted by Gasteiger charge is 2.18. The summed E-state index contributed by atoms with van der Waals surface area (Å²) in [6.07, 6.45) is 6.34. The molecule has 0 atom stereocenters. The van der Waals surface area contributed by atoms with Crippen molar-refractivity contribution in [3.63, 3.8) is 0 Å². The first kappa shape index (κ1) is 11.3. The minimum Gasteiger partial charge on any atom is -0.386 e. The molecule has 86 valence electrons. The van der Waals surface area contributed by atoms with Crippen molar-refractivity contribution < 1.29 is 5.11 Å². The summed E-state index contributed by atoms with van der Waals surface area (Å²) in [5.41, 5.74) is -0.0657. The zero-order valence-electron chi connectivity index (χ0n) is 9.64. The molecule has 0 bridgehead atoms. The van der Waals surface area contributed by atoms with Crippen LogP contribution in [-0.2, 0) is 12.0 Å². The van der Waals surface area contributed by atoms with Crippen LogP contribution < -0.4 is 0 Å². The average Bonchev–Trinajstić information content (AvgIpc) is 2.85. The van der Waals surface area contributed by atoms with Gasteiger partial charge >= 0.3 is 0 Å². The Hall–Kier alpha value is -1.20. The van der Waals surface area contributed by atoms with E-state index in [0.717, 1.165) is 17.1 Å². The van der Waals surface area contributed by atoms with Gasteiger partial charge < -0.3 is 5.11 Å². The fraction of sp³-hybridized carbons (Fsp3) is 0.455. The summed E-state index contributed by atoms with van der Waals surface area (Å²) in [6.45, 7) is 5.59. The van der Waals surface area contributed by atoms with Crippen molar-refractivity contribution in [3.05, 3.63) is 29.0 Å². The lowest BCUT2D eigenvalue weighted by Gasteiger charge is -2.13. The number of aryl methyl sites for hydroxylation is 1. The van der Waals surface area contributed by atoms with Crippen LogP contribution in [0.3, 0.4) is 0 Å². The molecule has 0 fully saturated rings. The van der Waals surface area contributed by atoms with E-state index in [4.69, 9.17) is 0 Å². The van der Waals surface area contributed by atoms with Crippen molar-refractivity contribution in [2.24, 2.45) is 0 Å². The molecule has 1 N–H and O–H groups in total. The van der Waals surface area contributed by atoms with Gasteiger partial charge in [0.15, 0.2) is 0 Å². The third-order valence-electron chi connectivity index (χ3n) is 2.37. The molecule has 0 unspecified atom stereocenters. The Balaban J connectivity index is 2.31. The van der Waals surface area contributed by atoms with Gasteiger partial charge in [0.1, 0.15) is 0 Å². The van der Waals surface area contributed by atoms with Crippen LogP contribution in [0.4, 0.5) is 0 Å². The summed E-state index contributed by atoms with van der Waals surface area (Å²) in [5, 5.41) is 14.9. The molecule has 0 aromatic carbocycles. The molecule has 0 aliphatic carbocycles. The molecule has 0 aliphatic heterocycles. The van der Waals surface area contributed by atoms with Gasteiger partial charge in [-0.15, -0.1) is 0 Å². The van der Waals surface area contributed by atoms with E-state index in [-0.39, 0.29) is 0 Å². The Labute approximate surface area is 98.6 Å². The first-order chi connectivity index (χ1) is 7.50. The highest BCUT2D eigenvalue weighted by molar-refractivity contribution is 7.14. The van der Waals surface area contributed by atoms with Crippen LogP contribution in [0.5, 0.6) is 0 Å². The Morgan fingerprint density at radius 1 is 1.44 bits per heavy atom. The number of thiazole rings is 1. The molecule has 0 saturated heterocycles. The number of aromatic nitrogens is 3. The lowest BCUT2D eigenvalue weighted by molar-refractivity contribution is 0.0786. The smallest absolute Gasteiger partial charge is 0.210 e. The Bertz CT molecular complexity index is 481. The van der Waals surface area contributed by atoms with Gasteiger partial charge in [0, 0.05) is 22.8 Å². The second kappa shape index (κ2) is 3.99. The molecular formula is C11H15N3OS. The molecule has 2 aromatic rings. The normalized spacial score (nSPS) is 12.0. The second-order valence-electron chi connectivity index (χ2n) is 4.20. The number of hydrogen-bond acceptors (Lipinski definition) is 4. The third-order valence-corrected chi connectivity index (χ3v) is 3.51. The summed E-state index contributed by atoms with van der Waals surface area (Å²) in [4.78, 5) is 5.52. The Morgan fingerprint density at radius 2 is 2.19 bits per heavy atom. The van der Waals surface area contributed by atoms with Crippen LogP contribution in [-0.4, -0.2) is 19.9 Å². The molecule has 0 saturated carbocycles. The van der Waals surface area contributed by atoms with E-state index >= 15 is 0 Å². The van der Waals surface area contributed by atoms with Crippen molar-refractivity contribution >= 4 is 11.3 Å². The van der Waals surface area contributed by atoms with Gasteiger partial charge in [-0.05, 0) is 20.3 Å². The van der Waals surface area contributed by atoms with Crippen molar-refractivity contribution in [1.82, 2.24) is 14.8 Å². The SMILES string of the molecule is CCc1cnc(-n2cc(C(C)(C)O)cn2)s1. The van der Waals surface area contributed by atoms with Gasteiger partial charge in [-0.2, -0.15) is 5.10 Å². The van der Waals surface area contributed by atoms with E-state index in [2.05, 4.69) is 17.0 Å². The predicted molar refractivity (Wildman–Crippen MR) is 63.9 cm³/mol. The van der Waals surface area contributed by atoms with Crippen LogP contribution in [0.1, 0.15) is 31.2 Å². The number of hydrogen-bond donors (Lipinski definition) is 1. The van der Waals surface area contributed by atoms with Gasteiger partial charge in [0.25, 0.3) is 0 Å². The third kappa shape index (κ3) is 2.15. The van der Waals surface area contributed by atoms with Crippen molar-refractivity contribution in [3.8, 4) is 5.13 Å². The molecule has 2 aromatic heterocycles. The number of rotatable bonds is 3. The summed E-state index contributed by atoms with van der Waals surface area (Å²) in [5.74, 6) is 0. The molecule has 4 nitrogen and oxygen atoms in total. The molecule has 2 rings (SSSR count). The van der Waals surface area contributed by atoms with Crippen LogP contribution in [0.2, 0.25) is 0 Å². The topological polar surface area (TPSA) is 50.9 Å². The van der Waals surface area contributed by atoms with Crippen LogP contribution >= 0.6 is 11.3 Å². The van der Waals surface area contributed by atoms with E-state index < -0.39 is 5.60 Å². The standard InChI is InChI=1S/C11H15N3OS/c1-4-9-6-12-10(16-9)14-7-8(5-13-14)11(2,3)15/h5-7,15H,4H2,1-3H3.